The van der Waals surface area contributed by atoms with Gasteiger partial charge in [0.1, 0.15) is 5.56 Å². The first-order valence-corrected chi connectivity index (χ1v) is 12.3. The summed E-state index contributed by atoms with van der Waals surface area (Å²) in [6.07, 6.45) is 4.83. The molecule has 1 heterocycles. The van der Waals surface area contributed by atoms with Crippen LogP contribution in [0.3, 0.4) is 0 Å². The van der Waals surface area contributed by atoms with E-state index in [0.29, 0.717) is 25.1 Å². The number of benzene rings is 2. The highest BCUT2D eigenvalue weighted by atomic mass is 32.2. The topological polar surface area (TPSA) is 85.2 Å². The van der Waals surface area contributed by atoms with Gasteiger partial charge in [0.15, 0.2) is 9.84 Å². The van der Waals surface area contributed by atoms with Gasteiger partial charge in [0.25, 0.3) is 11.5 Å². The van der Waals surface area contributed by atoms with Crippen LogP contribution in [0.5, 0.6) is 0 Å². The van der Waals surface area contributed by atoms with Gasteiger partial charge in [-0.15, -0.1) is 0 Å². The Balaban J connectivity index is 1.55. The van der Waals surface area contributed by atoms with E-state index in [1.165, 1.54) is 16.7 Å². The highest BCUT2D eigenvalue weighted by Gasteiger charge is 2.30. The number of carbonyl (C=O) groups is 1. The van der Waals surface area contributed by atoms with Crippen molar-refractivity contribution in [3.63, 3.8) is 0 Å². The van der Waals surface area contributed by atoms with Gasteiger partial charge < -0.3 is 9.88 Å². The molecule has 0 radical (unpaired) electrons. The Hall–Kier alpha value is -3.19. The van der Waals surface area contributed by atoms with Crippen molar-refractivity contribution in [2.24, 2.45) is 0 Å². The molecule has 0 spiro atoms. The largest absolute Gasteiger partial charge is 0.322 e. The van der Waals surface area contributed by atoms with Gasteiger partial charge in [0.2, 0.25) is 0 Å². The SMILES string of the molecule is Cc1cccc(Cn2cccc(C(=O)Nc3cccc(S(=O)(=O)C4CCCC4)c3)c2=O)c1. The highest BCUT2D eigenvalue weighted by Crippen LogP contribution is 2.30. The second kappa shape index (κ2) is 9.12. The molecule has 6 nitrogen and oxygen atoms in total. The standard InChI is InChI=1S/C25H26N2O4S/c1-18-7-4-8-19(15-18)17-27-14-6-13-23(25(27)29)24(28)26-20-9-5-12-22(16-20)32(30,31)21-10-2-3-11-21/h4-9,12-16,21H,2-3,10-11,17H2,1H3,(H,26,28). The van der Waals surface area contributed by atoms with Crippen LogP contribution < -0.4 is 10.9 Å². The number of aromatic nitrogens is 1. The lowest BCUT2D eigenvalue weighted by atomic mass is 10.1. The van der Waals surface area contributed by atoms with Crippen molar-refractivity contribution < 1.29 is 13.2 Å². The molecule has 4 rings (SSSR count). The number of pyridine rings is 1. The molecule has 0 bridgehead atoms. The Bertz CT molecular complexity index is 1310. The molecule has 1 fully saturated rings. The molecule has 1 aromatic heterocycles. The maximum Gasteiger partial charge on any atom is 0.263 e. The van der Waals surface area contributed by atoms with Crippen molar-refractivity contribution in [3.05, 3.63) is 93.9 Å². The number of anilines is 1. The highest BCUT2D eigenvalue weighted by molar-refractivity contribution is 7.92. The first-order chi connectivity index (χ1) is 15.3. The number of hydrogen-bond donors (Lipinski definition) is 1. The number of carbonyl (C=O) groups excluding carboxylic acids is 1. The minimum atomic E-state index is -3.43. The fourth-order valence-electron chi connectivity index (χ4n) is 4.18. The average molecular weight is 451 g/mol. The van der Waals surface area contributed by atoms with Gasteiger partial charge in [-0.1, -0.05) is 48.7 Å². The van der Waals surface area contributed by atoms with E-state index in [-0.39, 0.29) is 15.7 Å². The molecule has 0 saturated heterocycles. The van der Waals surface area contributed by atoms with E-state index in [1.807, 2.05) is 31.2 Å². The Morgan fingerprint density at radius 1 is 1.03 bits per heavy atom. The first-order valence-electron chi connectivity index (χ1n) is 10.7. The lowest BCUT2D eigenvalue weighted by Gasteiger charge is -2.13. The van der Waals surface area contributed by atoms with Gasteiger partial charge in [-0.05, 0) is 55.7 Å². The van der Waals surface area contributed by atoms with Crippen LogP contribution in [0, 0.1) is 6.92 Å². The second-order valence-electron chi connectivity index (χ2n) is 8.28. The van der Waals surface area contributed by atoms with Crippen LogP contribution in [0.2, 0.25) is 0 Å². The number of hydrogen-bond acceptors (Lipinski definition) is 4. The molecule has 1 aliphatic carbocycles. The monoisotopic (exact) mass is 450 g/mol. The first kappa shape index (κ1) is 22.0. The van der Waals surface area contributed by atoms with Crippen molar-refractivity contribution in [2.75, 3.05) is 5.32 Å². The molecule has 1 saturated carbocycles. The summed E-state index contributed by atoms with van der Waals surface area (Å²) in [5, 5.41) is 2.32. The zero-order valence-electron chi connectivity index (χ0n) is 18.0. The quantitative estimate of drug-likeness (QED) is 0.611. The fraction of sp³-hybridized carbons (Fsp3) is 0.280. The summed E-state index contributed by atoms with van der Waals surface area (Å²) in [6.45, 7) is 2.34. The van der Waals surface area contributed by atoms with Gasteiger partial charge in [0.05, 0.1) is 16.7 Å². The number of amides is 1. The predicted molar refractivity (Wildman–Crippen MR) is 125 cm³/mol. The summed E-state index contributed by atoms with van der Waals surface area (Å²) in [7, 11) is -3.43. The van der Waals surface area contributed by atoms with E-state index < -0.39 is 21.3 Å². The summed E-state index contributed by atoms with van der Waals surface area (Å²) in [4.78, 5) is 25.9. The minimum Gasteiger partial charge on any atom is -0.322 e. The van der Waals surface area contributed by atoms with Gasteiger partial charge in [-0.3, -0.25) is 9.59 Å². The van der Waals surface area contributed by atoms with E-state index in [0.717, 1.165) is 24.0 Å². The normalized spacial score (nSPS) is 14.4. The van der Waals surface area contributed by atoms with Crippen molar-refractivity contribution in [3.8, 4) is 0 Å². The van der Waals surface area contributed by atoms with E-state index in [9.17, 15) is 18.0 Å². The maximum absolute atomic E-state index is 12.9. The van der Waals surface area contributed by atoms with Crippen LogP contribution in [-0.2, 0) is 16.4 Å². The number of aryl methyl sites for hydroxylation is 1. The number of sulfone groups is 1. The summed E-state index contributed by atoms with van der Waals surface area (Å²) in [5.74, 6) is -0.566. The molecule has 1 aliphatic rings. The van der Waals surface area contributed by atoms with Crippen molar-refractivity contribution in [1.29, 1.82) is 0 Å². The number of rotatable bonds is 6. The van der Waals surface area contributed by atoms with Crippen LogP contribution >= 0.6 is 0 Å². The molecule has 3 aromatic rings. The Morgan fingerprint density at radius 2 is 1.78 bits per heavy atom. The third-order valence-electron chi connectivity index (χ3n) is 5.86. The molecule has 2 aromatic carbocycles. The zero-order chi connectivity index (χ0) is 22.7. The third-order valence-corrected chi connectivity index (χ3v) is 8.12. The summed E-state index contributed by atoms with van der Waals surface area (Å²) in [6, 6.07) is 17.2. The Kier molecular flexibility index (Phi) is 6.28. The zero-order valence-corrected chi connectivity index (χ0v) is 18.8. The third kappa shape index (κ3) is 4.67. The van der Waals surface area contributed by atoms with Crippen LogP contribution in [0.25, 0.3) is 0 Å². The minimum absolute atomic E-state index is 0.00389. The molecule has 166 valence electrons. The molecule has 7 heteroatoms. The number of nitrogens with one attached hydrogen (secondary N) is 1. The van der Waals surface area contributed by atoms with E-state index in [1.54, 1.807) is 30.5 Å². The van der Waals surface area contributed by atoms with Crippen LogP contribution in [0.1, 0.15) is 47.2 Å². The van der Waals surface area contributed by atoms with E-state index >= 15 is 0 Å². The van der Waals surface area contributed by atoms with Crippen molar-refractivity contribution in [2.45, 2.75) is 49.3 Å². The van der Waals surface area contributed by atoms with Crippen molar-refractivity contribution >= 4 is 21.4 Å². The van der Waals surface area contributed by atoms with Gasteiger partial charge >= 0.3 is 0 Å². The summed E-state index contributed by atoms with van der Waals surface area (Å²) >= 11 is 0. The Labute approximate surface area is 187 Å². The smallest absolute Gasteiger partial charge is 0.263 e. The molecule has 1 N–H and O–H groups in total. The molecule has 32 heavy (non-hydrogen) atoms. The van der Waals surface area contributed by atoms with Crippen LogP contribution in [0.15, 0.2) is 76.6 Å². The molecular weight excluding hydrogens is 424 g/mol. The summed E-state index contributed by atoms with van der Waals surface area (Å²) in [5.41, 5.74) is 2.01. The van der Waals surface area contributed by atoms with E-state index in [2.05, 4.69) is 5.32 Å². The van der Waals surface area contributed by atoms with Gasteiger partial charge in [-0.25, -0.2) is 8.42 Å². The van der Waals surface area contributed by atoms with Crippen LogP contribution in [0.4, 0.5) is 5.69 Å². The lowest BCUT2D eigenvalue weighted by Crippen LogP contribution is -2.29. The maximum atomic E-state index is 12.9. The molecule has 1 amide bonds. The van der Waals surface area contributed by atoms with E-state index in [4.69, 9.17) is 0 Å². The second-order valence-corrected chi connectivity index (χ2v) is 10.5. The average Bonchev–Trinajstić information content (AvgIpc) is 3.31. The molecular formula is C25H26N2O4S. The van der Waals surface area contributed by atoms with Crippen molar-refractivity contribution in [1.82, 2.24) is 4.57 Å². The molecule has 0 aliphatic heterocycles. The number of nitrogens with zero attached hydrogens (tertiary/aromatic N) is 1. The summed E-state index contributed by atoms with van der Waals surface area (Å²) < 4.78 is 27.2. The lowest BCUT2D eigenvalue weighted by molar-refractivity contribution is 0.102. The fourth-order valence-corrected chi connectivity index (χ4v) is 6.08. The van der Waals surface area contributed by atoms with Gasteiger partial charge in [-0.2, -0.15) is 0 Å². The molecule has 0 atom stereocenters. The molecule has 0 unspecified atom stereocenters. The predicted octanol–water partition coefficient (Wildman–Crippen LogP) is 4.17. The Morgan fingerprint density at radius 3 is 2.53 bits per heavy atom. The van der Waals surface area contributed by atoms with Crippen LogP contribution in [-0.4, -0.2) is 24.1 Å². The van der Waals surface area contributed by atoms with Gasteiger partial charge in [0, 0.05) is 11.9 Å².